The van der Waals surface area contributed by atoms with Crippen LogP contribution in [0.1, 0.15) is 19.4 Å². The van der Waals surface area contributed by atoms with Crippen LogP contribution in [0.15, 0.2) is 64.4 Å². The predicted molar refractivity (Wildman–Crippen MR) is 76.0 cm³/mol. The molecule has 1 heteroatoms. The Bertz CT molecular complexity index is 557. The molecule has 1 unspecified atom stereocenters. The van der Waals surface area contributed by atoms with Gasteiger partial charge in [-0.1, -0.05) is 36.4 Å². The van der Waals surface area contributed by atoms with Crippen LogP contribution in [0.4, 0.5) is 0 Å². The van der Waals surface area contributed by atoms with Crippen LogP contribution in [-0.2, 0) is 4.75 Å². The first-order valence-electron chi connectivity index (χ1n) is 6.01. The fraction of sp³-hybridized carbons (Fsp3) is 0.250. The summed E-state index contributed by atoms with van der Waals surface area (Å²) < 4.78 is 0.297. The molecule has 1 heterocycles. The third-order valence-electron chi connectivity index (χ3n) is 4.21. The topological polar surface area (TPSA) is 0 Å². The van der Waals surface area contributed by atoms with Crippen LogP contribution in [-0.4, -0.2) is 6.26 Å². The zero-order valence-corrected chi connectivity index (χ0v) is 11.4. The van der Waals surface area contributed by atoms with E-state index in [9.17, 15) is 0 Å². The molecule has 1 aliphatic heterocycles. The Kier molecular flexibility index (Phi) is 2.18. The van der Waals surface area contributed by atoms with Gasteiger partial charge in [0, 0.05) is 4.75 Å². The van der Waals surface area contributed by atoms with E-state index in [0.29, 0.717) is 4.75 Å². The average Bonchev–Trinajstić information content (AvgIpc) is 2.39. The summed E-state index contributed by atoms with van der Waals surface area (Å²) in [5.74, 6) is 0. The van der Waals surface area contributed by atoms with Crippen molar-refractivity contribution < 1.29 is 0 Å². The monoisotopic (exact) mass is 242 g/mol. The van der Waals surface area contributed by atoms with Gasteiger partial charge in [-0.25, -0.2) is 0 Å². The van der Waals surface area contributed by atoms with Gasteiger partial charge in [-0.05, 0) is 53.7 Å². The van der Waals surface area contributed by atoms with Gasteiger partial charge >= 0.3 is 0 Å². The van der Waals surface area contributed by atoms with E-state index in [1.165, 1.54) is 10.5 Å². The summed E-state index contributed by atoms with van der Waals surface area (Å²) in [5, 5.41) is 0. The molecule has 1 aliphatic rings. The highest BCUT2D eigenvalue weighted by atomic mass is 32.3. The van der Waals surface area contributed by atoms with Crippen LogP contribution < -0.4 is 0 Å². The van der Waals surface area contributed by atoms with Gasteiger partial charge < -0.3 is 0 Å². The largest absolute Gasteiger partial charge is 0.181 e. The average molecular weight is 242 g/mol. The number of fused-ring (bicyclic) bond motifs is 1. The van der Waals surface area contributed by atoms with Crippen LogP contribution >= 0.6 is 10.0 Å². The fourth-order valence-electron chi connectivity index (χ4n) is 2.88. The molecule has 0 fully saturated rings. The number of hydrogen-bond donors (Lipinski definition) is 0. The molecule has 0 saturated carbocycles. The van der Waals surface area contributed by atoms with Crippen molar-refractivity contribution in [1.29, 1.82) is 0 Å². The minimum atomic E-state index is -0.855. The summed E-state index contributed by atoms with van der Waals surface area (Å²) in [6.07, 6.45) is 2.45. The van der Waals surface area contributed by atoms with Gasteiger partial charge in [0.2, 0.25) is 0 Å². The van der Waals surface area contributed by atoms with Gasteiger partial charge in [0.25, 0.3) is 0 Å². The molecule has 17 heavy (non-hydrogen) atoms. The van der Waals surface area contributed by atoms with Crippen molar-refractivity contribution in [3.05, 3.63) is 60.2 Å². The molecular weight excluding hydrogens is 224 g/mol. The molecule has 0 bridgehead atoms. The lowest BCUT2D eigenvalue weighted by Crippen LogP contribution is -2.36. The lowest BCUT2D eigenvalue weighted by atomic mass is 10.0. The van der Waals surface area contributed by atoms with E-state index in [2.05, 4.69) is 74.7 Å². The molecule has 2 aromatic carbocycles. The van der Waals surface area contributed by atoms with Crippen molar-refractivity contribution in [2.45, 2.75) is 28.4 Å². The molecule has 0 aromatic heterocycles. The van der Waals surface area contributed by atoms with Gasteiger partial charge in [-0.15, -0.1) is 0 Å². The summed E-state index contributed by atoms with van der Waals surface area (Å²) in [5.41, 5.74) is 1.53. The summed E-state index contributed by atoms with van der Waals surface area (Å²) in [6, 6.07) is 19.9. The van der Waals surface area contributed by atoms with Crippen LogP contribution in [0.2, 0.25) is 0 Å². The van der Waals surface area contributed by atoms with E-state index in [4.69, 9.17) is 0 Å². The second-order valence-corrected chi connectivity index (χ2v) is 9.01. The van der Waals surface area contributed by atoms with Gasteiger partial charge in [0.1, 0.15) is 0 Å². The summed E-state index contributed by atoms with van der Waals surface area (Å²) in [4.78, 5) is 3.07. The molecule has 88 valence electrons. The minimum Gasteiger partial charge on any atom is -0.181 e. The number of hydrogen-bond acceptors (Lipinski definition) is 0. The Morgan fingerprint density at radius 1 is 0.824 bits per heavy atom. The standard InChI is InChI=1S/C16H18S/c1-16(2)14-11-7-8-12-15(14)17(16,3)13-9-5-4-6-10-13/h4-12H,1-3H3. The molecule has 0 nitrogen and oxygen atoms in total. The van der Waals surface area contributed by atoms with Crippen LogP contribution in [0.3, 0.4) is 0 Å². The summed E-state index contributed by atoms with van der Waals surface area (Å²) in [7, 11) is -0.855. The van der Waals surface area contributed by atoms with Crippen LogP contribution in [0.25, 0.3) is 0 Å². The molecule has 3 rings (SSSR count). The second-order valence-electron chi connectivity index (χ2n) is 5.24. The quantitative estimate of drug-likeness (QED) is 0.674. The molecular formula is C16H18S. The first-order valence-corrected chi connectivity index (χ1v) is 8.05. The fourth-order valence-corrected chi connectivity index (χ4v) is 6.56. The van der Waals surface area contributed by atoms with Crippen molar-refractivity contribution in [1.82, 2.24) is 0 Å². The van der Waals surface area contributed by atoms with E-state index in [1.807, 2.05) is 0 Å². The van der Waals surface area contributed by atoms with Crippen LogP contribution in [0.5, 0.6) is 0 Å². The predicted octanol–water partition coefficient (Wildman–Crippen LogP) is 4.79. The van der Waals surface area contributed by atoms with E-state index >= 15 is 0 Å². The molecule has 0 amide bonds. The van der Waals surface area contributed by atoms with Gasteiger partial charge in [-0.3, -0.25) is 0 Å². The van der Waals surface area contributed by atoms with Crippen LogP contribution in [0, 0.1) is 0 Å². The Balaban J connectivity index is 2.24. The van der Waals surface area contributed by atoms with E-state index in [1.54, 1.807) is 4.90 Å². The maximum atomic E-state index is 2.45. The maximum Gasteiger partial charge on any atom is 0.0281 e. The third-order valence-corrected chi connectivity index (χ3v) is 8.92. The Morgan fingerprint density at radius 2 is 1.41 bits per heavy atom. The Labute approximate surface area is 105 Å². The molecule has 1 atom stereocenters. The lowest BCUT2D eigenvalue weighted by molar-refractivity contribution is 0.698. The van der Waals surface area contributed by atoms with Crippen molar-refractivity contribution >= 4 is 10.0 Å². The second kappa shape index (κ2) is 3.39. The van der Waals surface area contributed by atoms with Crippen molar-refractivity contribution in [3.8, 4) is 0 Å². The number of benzene rings is 2. The van der Waals surface area contributed by atoms with Crippen molar-refractivity contribution in [2.24, 2.45) is 0 Å². The molecule has 0 aliphatic carbocycles. The third kappa shape index (κ3) is 1.21. The first-order chi connectivity index (χ1) is 8.08. The maximum absolute atomic E-state index is 2.45. The smallest absolute Gasteiger partial charge is 0.0281 e. The molecule has 0 saturated heterocycles. The van der Waals surface area contributed by atoms with Crippen molar-refractivity contribution in [2.75, 3.05) is 6.26 Å². The Morgan fingerprint density at radius 3 is 2.12 bits per heavy atom. The first kappa shape index (κ1) is 10.9. The van der Waals surface area contributed by atoms with E-state index in [-0.39, 0.29) is 0 Å². The SMILES string of the molecule is CC1(C)c2ccccc2S1(C)c1ccccc1. The molecule has 2 aromatic rings. The number of rotatable bonds is 1. The van der Waals surface area contributed by atoms with Gasteiger partial charge in [0.15, 0.2) is 0 Å². The van der Waals surface area contributed by atoms with Gasteiger partial charge in [-0.2, -0.15) is 10.0 Å². The molecule has 0 N–H and O–H groups in total. The zero-order valence-electron chi connectivity index (χ0n) is 10.6. The molecule has 0 radical (unpaired) electrons. The highest BCUT2D eigenvalue weighted by Crippen LogP contribution is 2.80. The minimum absolute atomic E-state index is 0.297. The summed E-state index contributed by atoms with van der Waals surface area (Å²) >= 11 is 0. The lowest BCUT2D eigenvalue weighted by Gasteiger charge is -2.60. The van der Waals surface area contributed by atoms with Gasteiger partial charge in [0.05, 0.1) is 0 Å². The van der Waals surface area contributed by atoms with E-state index < -0.39 is 10.0 Å². The van der Waals surface area contributed by atoms with E-state index in [0.717, 1.165) is 0 Å². The molecule has 0 spiro atoms. The highest BCUT2D eigenvalue weighted by Gasteiger charge is 2.51. The zero-order chi connectivity index (χ0) is 12.1. The normalized spacial score (nSPS) is 28.6. The summed E-state index contributed by atoms with van der Waals surface area (Å²) in [6.45, 7) is 4.77. The highest BCUT2D eigenvalue weighted by molar-refractivity contribution is 8.35. The Hall–Kier alpha value is -1.21. The van der Waals surface area contributed by atoms with Crippen molar-refractivity contribution in [3.63, 3.8) is 0 Å².